The van der Waals surface area contributed by atoms with Crippen molar-refractivity contribution >= 4 is 29.1 Å². The highest BCUT2D eigenvalue weighted by atomic mass is 19.1. The number of hydrogen-bond acceptors (Lipinski definition) is 3. The number of benzene rings is 2. The lowest BCUT2D eigenvalue weighted by Crippen LogP contribution is -2.28. The predicted octanol–water partition coefficient (Wildman–Crippen LogP) is 2.85. The van der Waals surface area contributed by atoms with Crippen molar-refractivity contribution in [2.24, 2.45) is 0 Å². The van der Waals surface area contributed by atoms with Crippen LogP contribution in [0.25, 0.3) is 0 Å². The molecule has 0 saturated carbocycles. The molecular formula is C19H20FN3O3. The summed E-state index contributed by atoms with van der Waals surface area (Å²) in [6.07, 6.45) is 0.0600. The van der Waals surface area contributed by atoms with Crippen LogP contribution in [0.2, 0.25) is 0 Å². The lowest BCUT2D eigenvalue weighted by Gasteiger charge is -2.10. The molecule has 0 heterocycles. The highest BCUT2D eigenvalue weighted by Gasteiger charge is 2.10. The predicted molar refractivity (Wildman–Crippen MR) is 97.5 cm³/mol. The van der Waals surface area contributed by atoms with Crippen LogP contribution in [0, 0.1) is 12.7 Å². The SMILES string of the molecule is CC(=O)Nc1cc(NC(=O)CCNC(=O)c2ccccc2C)ccc1F. The summed E-state index contributed by atoms with van der Waals surface area (Å²) < 4.78 is 13.6. The molecule has 3 amide bonds. The fourth-order valence-corrected chi connectivity index (χ4v) is 2.32. The molecule has 26 heavy (non-hydrogen) atoms. The van der Waals surface area contributed by atoms with Crippen LogP contribution in [0.3, 0.4) is 0 Å². The smallest absolute Gasteiger partial charge is 0.251 e. The molecule has 0 aliphatic rings. The van der Waals surface area contributed by atoms with Gasteiger partial charge in [0.05, 0.1) is 5.69 Å². The molecule has 0 spiro atoms. The molecule has 0 aliphatic heterocycles. The Balaban J connectivity index is 1.86. The Hall–Kier alpha value is -3.22. The fraction of sp³-hybridized carbons (Fsp3) is 0.211. The van der Waals surface area contributed by atoms with Crippen molar-refractivity contribution in [3.05, 3.63) is 59.4 Å². The van der Waals surface area contributed by atoms with E-state index in [2.05, 4.69) is 16.0 Å². The molecule has 2 aromatic rings. The van der Waals surface area contributed by atoms with Gasteiger partial charge in [-0.25, -0.2) is 4.39 Å². The number of aryl methyl sites for hydroxylation is 1. The minimum absolute atomic E-state index is 0.0110. The third kappa shape index (κ3) is 5.41. The van der Waals surface area contributed by atoms with E-state index in [0.29, 0.717) is 11.3 Å². The van der Waals surface area contributed by atoms with Crippen LogP contribution in [0.5, 0.6) is 0 Å². The van der Waals surface area contributed by atoms with E-state index in [9.17, 15) is 18.8 Å². The molecular weight excluding hydrogens is 337 g/mol. The minimum Gasteiger partial charge on any atom is -0.352 e. The van der Waals surface area contributed by atoms with Crippen molar-refractivity contribution in [3.63, 3.8) is 0 Å². The first-order valence-corrected chi connectivity index (χ1v) is 8.07. The Labute approximate surface area is 150 Å². The summed E-state index contributed by atoms with van der Waals surface area (Å²) in [6, 6.07) is 11.1. The summed E-state index contributed by atoms with van der Waals surface area (Å²) in [5.74, 6) is -1.59. The van der Waals surface area contributed by atoms with Crippen LogP contribution in [-0.4, -0.2) is 24.3 Å². The Morgan fingerprint density at radius 3 is 2.46 bits per heavy atom. The van der Waals surface area contributed by atoms with Crippen LogP contribution < -0.4 is 16.0 Å². The van der Waals surface area contributed by atoms with Crippen LogP contribution >= 0.6 is 0 Å². The molecule has 0 radical (unpaired) electrons. The van der Waals surface area contributed by atoms with Gasteiger partial charge in [-0.05, 0) is 36.8 Å². The average molecular weight is 357 g/mol. The Morgan fingerprint density at radius 1 is 1.04 bits per heavy atom. The minimum atomic E-state index is -0.594. The van der Waals surface area contributed by atoms with Crippen molar-refractivity contribution in [3.8, 4) is 0 Å². The van der Waals surface area contributed by atoms with E-state index in [1.54, 1.807) is 12.1 Å². The van der Waals surface area contributed by atoms with E-state index in [0.717, 1.165) is 11.6 Å². The topological polar surface area (TPSA) is 87.3 Å². The standard InChI is InChI=1S/C19H20FN3O3/c1-12-5-3-4-6-15(12)19(26)21-10-9-18(25)23-14-7-8-16(20)17(11-14)22-13(2)24/h3-8,11H,9-10H2,1-2H3,(H,21,26)(H,22,24)(H,23,25). The van der Waals surface area contributed by atoms with Crippen molar-refractivity contribution in [1.29, 1.82) is 0 Å². The lowest BCUT2D eigenvalue weighted by molar-refractivity contribution is -0.116. The maximum Gasteiger partial charge on any atom is 0.251 e. The van der Waals surface area contributed by atoms with E-state index < -0.39 is 11.7 Å². The van der Waals surface area contributed by atoms with Gasteiger partial charge in [0.25, 0.3) is 5.91 Å². The first-order valence-electron chi connectivity index (χ1n) is 8.07. The zero-order valence-corrected chi connectivity index (χ0v) is 14.6. The maximum absolute atomic E-state index is 13.6. The third-order valence-electron chi connectivity index (χ3n) is 3.59. The van der Waals surface area contributed by atoms with E-state index in [1.165, 1.54) is 19.1 Å². The monoisotopic (exact) mass is 357 g/mol. The molecule has 0 aromatic heterocycles. The largest absolute Gasteiger partial charge is 0.352 e. The van der Waals surface area contributed by atoms with E-state index >= 15 is 0 Å². The summed E-state index contributed by atoms with van der Waals surface area (Å²) in [4.78, 5) is 35.1. The average Bonchev–Trinajstić information content (AvgIpc) is 2.57. The first-order chi connectivity index (χ1) is 12.4. The summed E-state index contributed by atoms with van der Waals surface area (Å²) in [5, 5.41) is 7.63. The summed E-state index contributed by atoms with van der Waals surface area (Å²) in [7, 11) is 0. The van der Waals surface area contributed by atoms with E-state index in [1.807, 2.05) is 19.1 Å². The number of hydrogen-bond donors (Lipinski definition) is 3. The van der Waals surface area contributed by atoms with Crippen molar-refractivity contribution < 1.29 is 18.8 Å². The second-order valence-electron chi connectivity index (χ2n) is 5.74. The lowest BCUT2D eigenvalue weighted by atomic mass is 10.1. The molecule has 2 aromatic carbocycles. The van der Waals surface area contributed by atoms with Crippen LogP contribution in [-0.2, 0) is 9.59 Å². The van der Waals surface area contributed by atoms with Gasteiger partial charge in [0, 0.05) is 31.1 Å². The van der Waals surface area contributed by atoms with Gasteiger partial charge in [-0.3, -0.25) is 14.4 Å². The number of amides is 3. The third-order valence-corrected chi connectivity index (χ3v) is 3.59. The van der Waals surface area contributed by atoms with Gasteiger partial charge >= 0.3 is 0 Å². The van der Waals surface area contributed by atoms with Gasteiger partial charge in [0.15, 0.2) is 0 Å². The number of carbonyl (C=O) groups is 3. The van der Waals surface area contributed by atoms with Crippen LogP contribution in [0.15, 0.2) is 42.5 Å². The van der Waals surface area contributed by atoms with Gasteiger partial charge in [0.1, 0.15) is 5.82 Å². The molecule has 0 unspecified atom stereocenters. The second-order valence-corrected chi connectivity index (χ2v) is 5.74. The summed E-state index contributed by atoms with van der Waals surface area (Å²) in [5.41, 5.74) is 1.76. The van der Waals surface area contributed by atoms with Gasteiger partial charge < -0.3 is 16.0 Å². The number of anilines is 2. The fourth-order valence-electron chi connectivity index (χ4n) is 2.32. The zero-order valence-electron chi connectivity index (χ0n) is 14.6. The van der Waals surface area contributed by atoms with Gasteiger partial charge in [-0.2, -0.15) is 0 Å². The molecule has 0 atom stereocenters. The van der Waals surface area contributed by atoms with E-state index in [-0.39, 0.29) is 30.5 Å². The number of nitrogens with one attached hydrogen (secondary N) is 3. The molecule has 136 valence electrons. The van der Waals surface area contributed by atoms with Crippen molar-refractivity contribution in [2.75, 3.05) is 17.2 Å². The maximum atomic E-state index is 13.6. The number of halogens is 1. The van der Waals surface area contributed by atoms with Gasteiger partial charge in [0.2, 0.25) is 11.8 Å². The quantitative estimate of drug-likeness (QED) is 0.743. The van der Waals surface area contributed by atoms with Crippen molar-refractivity contribution in [1.82, 2.24) is 5.32 Å². The Bertz CT molecular complexity index is 837. The zero-order chi connectivity index (χ0) is 19.1. The van der Waals surface area contributed by atoms with Gasteiger partial charge in [-0.1, -0.05) is 18.2 Å². The Kier molecular flexibility index (Phi) is 6.43. The number of carbonyl (C=O) groups excluding carboxylic acids is 3. The van der Waals surface area contributed by atoms with Gasteiger partial charge in [-0.15, -0.1) is 0 Å². The van der Waals surface area contributed by atoms with Crippen molar-refractivity contribution in [2.45, 2.75) is 20.3 Å². The Morgan fingerprint density at radius 2 is 1.77 bits per heavy atom. The number of rotatable bonds is 6. The highest BCUT2D eigenvalue weighted by molar-refractivity contribution is 5.96. The second kappa shape index (κ2) is 8.75. The molecule has 0 saturated heterocycles. The molecule has 0 fully saturated rings. The van der Waals surface area contributed by atoms with Crippen LogP contribution in [0.4, 0.5) is 15.8 Å². The summed E-state index contributed by atoms with van der Waals surface area (Å²) >= 11 is 0. The first kappa shape index (κ1) is 19.1. The molecule has 3 N–H and O–H groups in total. The van der Waals surface area contributed by atoms with Crippen LogP contribution in [0.1, 0.15) is 29.3 Å². The molecule has 0 bridgehead atoms. The van der Waals surface area contributed by atoms with E-state index in [4.69, 9.17) is 0 Å². The highest BCUT2D eigenvalue weighted by Crippen LogP contribution is 2.19. The normalized spacial score (nSPS) is 10.1. The molecule has 2 rings (SSSR count). The summed E-state index contributed by atoms with van der Waals surface area (Å²) in [6.45, 7) is 3.27. The molecule has 6 nitrogen and oxygen atoms in total. The molecule has 7 heteroatoms. The molecule has 0 aliphatic carbocycles.